The second-order valence-electron chi connectivity index (χ2n) is 6.44. The molecular weight excluding hydrogens is 328 g/mol. The Morgan fingerprint density at radius 1 is 1.12 bits per heavy atom. The van der Waals surface area contributed by atoms with Crippen molar-refractivity contribution in [1.82, 2.24) is 5.32 Å². The third-order valence-corrected chi connectivity index (χ3v) is 4.01. The summed E-state index contributed by atoms with van der Waals surface area (Å²) in [6.45, 7) is 3.79. The number of halogens is 1. The minimum Gasteiger partial charge on any atom is -0.336 e. The van der Waals surface area contributed by atoms with E-state index in [-0.39, 0.29) is 42.3 Å². The van der Waals surface area contributed by atoms with Crippen molar-refractivity contribution in [3.8, 4) is 0 Å². The van der Waals surface area contributed by atoms with Gasteiger partial charge in [0.2, 0.25) is 5.91 Å². The number of nitrogens with one attached hydrogen (secondary N) is 3. The minimum atomic E-state index is -0.244. The smallest absolute Gasteiger partial charge is 0.319 e. The van der Waals surface area contributed by atoms with Gasteiger partial charge in [0.25, 0.3) is 0 Å². The molecule has 5 N–H and O–H groups in total. The summed E-state index contributed by atoms with van der Waals surface area (Å²) in [7, 11) is 0. The van der Waals surface area contributed by atoms with Crippen LogP contribution >= 0.6 is 12.4 Å². The molecule has 0 aliphatic heterocycles. The molecule has 1 aliphatic carbocycles. The number of rotatable bonds is 5. The van der Waals surface area contributed by atoms with Crippen molar-refractivity contribution in [2.45, 2.75) is 51.6 Å². The van der Waals surface area contributed by atoms with Crippen molar-refractivity contribution in [2.75, 3.05) is 10.6 Å². The third kappa shape index (κ3) is 6.37. The fraction of sp³-hybridized carbons (Fsp3) is 0.529. The van der Waals surface area contributed by atoms with Gasteiger partial charge in [-0.2, -0.15) is 0 Å². The first kappa shape index (κ1) is 20.3. The maximum atomic E-state index is 12.1. The van der Waals surface area contributed by atoms with Crippen LogP contribution in [0.4, 0.5) is 16.2 Å². The molecule has 3 amide bonds. The second-order valence-corrected chi connectivity index (χ2v) is 6.44. The van der Waals surface area contributed by atoms with Crippen molar-refractivity contribution in [3.63, 3.8) is 0 Å². The van der Waals surface area contributed by atoms with E-state index in [1.165, 1.54) is 0 Å². The molecule has 0 spiro atoms. The molecule has 2 atom stereocenters. The lowest BCUT2D eigenvalue weighted by Crippen LogP contribution is -2.34. The molecule has 134 valence electrons. The zero-order chi connectivity index (χ0) is 16.8. The summed E-state index contributed by atoms with van der Waals surface area (Å²) in [5.74, 6) is 0.279. The van der Waals surface area contributed by atoms with Crippen LogP contribution in [-0.4, -0.2) is 24.0 Å². The van der Waals surface area contributed by atoms with E-state index >= 15 is 0 Å². The quantitative estimate of drug-likeness (QED) is 0.654. The first-order valence-electron chi connectivity index (χ1n) is 8.17. The Balaban J connectivity index is 0.00000288. The molecule has 1 aromatic carbocycles. The predicted molar refractivity (Wildman–Crippen MR) is 99.5 cm³/mol. The van der Waals surface area contributed by atoms with Crippen LogP contribution in [0.25, 0.3) is 0 Å². The summed E-state index contributed by atoms with van der Waals surface area (Å²) in [5.41, 5.74) is 7.39. The van der Waals surface area contributed by atoms with E-state index in [9.17, 15) is 9.59 Å². The molecule has 1 saturated carbocycles. The number of benzene rings is 1. The highest BCUT2D eigenvalue weighted by atomic mass is 35.5. The SMILES string of the molecule is CC(C)NC(=O)Nc1ccc(NC(=O)C[C@@H]2CCC[C@H]2N)cc1.Cl. The molecule has 0 radical (unpaired) electrons. The zero-order valence-corrected chi connectivity index (χ0v) is 15.0. The number of carbonyl (C=O) groups excluding carboxylic acids is 2. The highest BCUT2D eigenvalue weighted by Crippen LogP contribution is 2.27. The Kier molecular flexibility index (Phi) is 8.01. The van der Waals surface area contributed by atoms with Crippen LogP contribution in [-0.2, 0) is 4.79 Å². The molecule has 1 aliphatic rings. The fourth-order valence-corrected chi connectivity index (χ4v) is 2.84. The van der Waals surface area contributed by atoms with Gasteiger partial charge in [-0.05, 0) is 56.9 Å². The molecule has 0 heterocycles. The molecule has 24 heavy (non-hydrogen) atoms. The fourth-order valence-electron chi connectivity index (χ4n) is 2.84. The monoisotopic (exact) mass is 354 g/mol. The van der Waals surface area contributed by atoms with Crippen LogP contribution in [0.1, 0.15) is 39.5 Å². The Hall–Kier alpha value is -1.79. The van der Waals surface area contributed by atoms with E-state index < -0.39 is 0 Å². The largest absolute Gasteiger partial charge is 0.336 e. The molecule has 0 unspecified atom stereocenters. The molecule has 7 heteroatoms. The summed E-state index contributed by atoms with van der Waals surface area (Å²) < 4.78 is 0. The molecule has 0 aromatic heterocycles. The molecule has 0 saturated heterocycles. The highest BCUT2D eigenvalue weighted by molar-refractivity contribution is 5.92. The first-order chi connectivity index (χ1) is 10.9. The number of amides is 3. The Labute approximate surface area is 149 Å². The Bertz CT molecular complexity index is 548. The predicted octanol–water partition coefficient (Wildman–Crippen LogP) is 3.09. The van der Waals surface area contributed by atoms with Gasteiger partial charge in [-0.25, -0.2) is 4.79 Å². The van der Waals surface area contributed by atoms with E-state index in [1.807, 2.05) is 13.8 Å². The molecule has 2 rings (SSSR count). The van der Waals surface area contributed by atoms with E-state index in [0.29, 0.717) is 12.1 Å². The van der Waals surface area contributed by atoms with Crippen molar-refractivity contribution in [1.29, 1.82) is 0 Å². The Morgan fingerprint density at radius 3 is 2.21 bits per heavy atom. The van der Waals surface area contributed by atoms with Crippen LogP contribution in [0.2, 0.25) is 0 Å². The lowest BCUT2D eigenvalue weighted by molar-refractivity contribution is -0.117. The summed E-state index contributed by atoms with van der Waals surface area (Å²) in [6.07, 6.45) is 3.62. The number of nitrogens with two attached hydrogens (primary N) is 1. The van der Waals surface area contributed by atoms with Gasteiger partial charge in [-0.3, -0.25) is 4.79 Å². The van der Waals surface area contributed by atoms with Gasteiger partial charge < -0.3 is 21.7 Å². The topological polar surface area (TPSA) is 96.2 Å². The number of urea groups is 1. The van der Waals surface area contributed by atoms with E-state index in [0.717, 1.165) is 24.9 Å². The standard InChI is InChI=1S/C17H26N4O2.ClH/c1-11(2)19-17(23)21-14-8-6-13(7-9-14)20-16(22)10-12-4-3-5-15(12)18;/h6-9,11-12,15H,3-5,10,18H2,1-2H3,(H,20,22)(H2,19,21,23);1H/t12-,15+;/m0./s1. The van der Waals surface area contributed by atoms with E-state index in [2.05, 4.69) is 16.0 Å². The van der Waals surface area contributed by atoms with Crippen molar-refractivity contribution >= 4 is 35.7 Å². The number of carbonyl (C=O) groups is 2. The van der Waals surface area contributed by atoms with Crippen molar-refractivity contribution in [3.05, 3.63) is 24.3 Å². The summed E-state index contributed by atoms with van der Waals surface area (Å²) >= 11 is 0. The second kappa shape index (κ2) is 9.49. The molecule has 1 aromatic rings. The number of hydrogen-bond acceptors (Lipinski definition) is 3. The molecular formula is C17H27ClN4O2. The maximum absolute atomic E-state index is 12.1. The van der Waals surface area contributed by atoms with Crippen LogP contribution in [0, 0.1) is 5.92 Å². The molecule has 1 fully saturated rings. The van der Waals surface area contributed by atoms with Gasteiger partial charge in [-0.15, -0.1) is 12.4 Å². The molecule has 0 bridgehead atoms. The Morgan fingerprint density at radius 2 is 1.71 bits per heavy atom. The number of hydrogen-bond donors (Lipinski definition) is 4. The maximum Gasteiger partial charge on any atom is 0.319 e. The lowest BCUT2D eigenvalue weighted by atomic mass is 10.00. The third-order valence-electron chi connectivity index (χ3n) is 4.01. The van der Waals surface area contributed by atoms with Gasteiger partial charge >= 0.3 is 6.03 Å². The summed E-state index contributed by atoms with van der Waals surface area (Å²) in [6, 6.07) is 7.05. The van der Waals surface area contributed by atoms with Crippen LogP contribution in [0.15, 0.2) is 24.3 Å². The number of anilines is 2. The van der Waals surface area contributed by atoms with Gasteiger partial charge in [0, 0.05) is 29.9 Å². The van der Waals surface area contributed by atoms with E-state index in [1.54, 1.807) is 24.3 Å². The van der Waals surface area contributed by atoms with Crippen molar-refractivity contribution in [2.24, 2.45) is 11.7 Å². The van der Waals surface area contributed by atoms with Crippen LogP contribution in [0.3, 0.4) is 0 Å². The average molecular weight is 355 g/mol. The molecule has 6 nitrogen and oxygen atoms in total. The minimum absolute atomic E-state index is 0. The van der Waals surface area contributed by atoms with Gasteiger partial charge in [0.1, 0.15) is 0 Å². The lowest BCUT2D eigenvalue weighted by Gasteiger charge is -2.15. The summed E-state index contributed by atoms with van der Waals surface area (Å²) in [4.78, 5) is 23.7. The van der Waals surface area contributed by atoms with Gasteiger partial charge in [-0.1, -0.05) is 6.42 Å². The average Bonchev–Trinajstić information content (AvgIpc) is 2.85. The zero-order valence-electron chi connectivity index (χ0n) is 14.2. The van der Waals surface area contributed by atoms with Crippen LogP contribution < -0.4 is 21.7 Å². The van der Waals surface area contributed by atoms with Crippen molar-refractivity contribution < 1.29 is 9.59 Å². The highest BCUT2D eigenvalue weighted by Gasteiger charge is 2.25. The van der Waals surface area contributed by atoms with Gasteiger partial charge in [0.15, 0.2) is 0 Å². The normalized spacial score (nSPS) is 19.5. The van der Waals surface area contributed by atoms with E-state index in [4.69, 9.17) is 5.73 Å². The van der Waals surface area contributed by atoms with Gasteiger partial charge in [0.05, 0.1) is 0 Å². The first-order valence-corrected chi connectivity index (χ1v) is 8.17. The van der Waals surface area contributed by atoms with Crippen LogP contribution in [0.5, 0.6) is 0 Å². The summed E-state index contributed by atoms with van der Waals surface area (Å²) in [5, 5.41) is 8.37.